The van der Waals surface area contributed by atoms with Crippen LogP contribution in [0.25, 0.3) is 0 Å². The molecule has 4 heteroatoms. The third-order valence-electron chi connectivity index (χ3n) is 0.994. The Morgan fingerprint density at radius 3 is 2.14 bits per heavy atom. The highest BCUT2D eigenvalue weighted by Crippen LogP contribution is 1.89. The van der Waals surface area contributed by atoms with Crippen LogP contribution in [-0.4, -0.2) is 51.3 Å². The summed E-state index contributed by atoms with van der Waals surface area (Å²) in [5.74, 6) is 0. The van der Waals surface area contributed by atoms with Crippen LogP contribution in [0.15, 0.2) is 0 Å². The van der Waals surface area contributed by atoms with Gasteiger partial charge in [-0.3, -0.25) is 0 Å². The van der Waals surface area contributed by atoms with Gasteiger partial charge in [0.05, 0.1) is 13.2 Å². The van der Waals surface area contributed by atoms with E-state index in [0.717, 1.165) is 0 Å². The average molecular weight is 224 g/mol. The first kappa shape index (κ1) is 2.12. The second-order valence-electron chi connectivity index (χ2n) is 1.88. The molecular formula is C10H24N2O2. The van der Waals surface area contributed by atoms with Crippen molar-refractivity contribution in [3.8, 4) is 0 Å². The summed E-state index contributed by atoms with van der Waals surface area (Å²) in [5, 5.41) is 5.87. The number of hydrogen-bond acceptors (Lipinski definition) is 4. The lowest BCUT2D eigenvalue weighted by molar-refractivity contribution is 0.229. The van der Waals surface area contributed by atoms with E-state index in [2.05, 4.69) is 10.2 Å². The first-order valence-electron chi connectivity index (χ1n) is 13.1. The van der Waals surface area contributed by atoms with Crippen molar-refractivity contribution in [1.29, 1.82) is 2.86 Å². The molecule has 0 aliphatic rings. The molecule has 0 spiro atoms. The summed E-state index contributed by atoms with van der Waals surface area (Å²) in [6, 6.07) is -7.39. The van der Waals surface area contributed by atoms with Gasteiger partial charge in [0.1, 0.15) is 2.82 Å². The van der Waals surface area contributed by atoms with Crippen LogP contribution < -0.4 is 10.6 Å². The number of hydrogen-bond donors (Lipinski definition) is 4. The van der Waals surface area contributed by atoms with Crippen LogP contribution >= 0.6 is 0 Å². The maximum Gasteiger partial charge on any atom is 0.210 e. The minimum absolute atomic E-state index is 0.894. The average Bonchev–Trinajstić information content (AvgIpc) is 2.64. The molecule has 0 bridgehead atoms. The normalized spacial score (nSPS) is 47.3. The van der Waals surface area contributed by atoms with Gasteiger partial charge in [0.25, 0.3) is 0 Å². The molecule has 0 aromatic heterocycles. The third-order valence-corrected chi connectivity index (χ3v) is 0.994. The third kappa shape index (κ3) is 6.32. The van der Waals surface area contributed by atoms with Crippen LogP contribution in [0.1, 0.15) is 48.4 Å². The van der Waals surface area contributed by atoms with Gasteiger partial charge in [0, 0.05) is 47.0 Å². The quantitative estimate of drug-likeness (QED) is 0.389. The highest BCUT2D eigenvalue weighted by Gasteiger charge is 2.04. The van der Waals surface area contributed by atoms with Crippen molar-refractivity contribution in [2.24, 2.45) is 0 Å². The molecule has 0 heterocycles. The van der Waals surface area contributed by atoms with Crippen molar-refractivity contribution in [3.05, 3.63) is 0 Å². The Hall–Kier alpha value is -0.160. The summed E-state index contributed by atoms with van der Waals surface area (Å²) in [4.78, 5) is 0. The predicted octanol–water partition coefficient (Wildman–Crippen LogP) is -0.293. The Kier molecular flexibility index (Phi) is 1.42. The number of nitrogens with one attached hydrogen (secondary N) is 2. The molecule has 0 fully saturated rings. The first-order valence-corrected chi connectivity index (χ1v) is 3.43. The fourth-order valence-corrected chi connectivity index (χ4v) is 0.378. The molecule has 0 aliphatic heterocycles. The van der Waals surface area contributed by atoms with Gasteiger partial charge < -0.3 is 20.8 Å². The van der Waals surface area contributed by atoms with E-state index in [-0.39, 0.29) is 0 Å². The molecule has 0 rings (SSSR count). The molecular weight excluding hydrogens is 180 g/mol. The molecule has 4 nitrogen and oxygen atoms in total. The van der Waals surface area contributed by atoms with Crippen molar-refractivity contribution in [1.82, 2.24) is 10.6 Å². The summed E-state index contributed by atoms with van der Waals surface area (Å²) in [6.45, 7) is -19.1. The van der Waals surface area contributed by atoms with E-state index < -0.39 is 75.3 Å². The molecule has 0 unspecified atom stereocenters. The van der Waals surface area contributed by atoms with E-state index in [1.165, 1.54) is 0 Å². The van der Waals surface area contributed by atoms with Gasteiger partial charge >= 0.3 is 0 Å². The minimum Gasteiger partial charge on any atom is -0.395 e. The summed E-state index contributed by atoms with van der Waals surface area (Å²) in [7, 11) is 0. The van der Waals surface area contributed by atoms with Gasteiger partial charge in [0.15, 0.2) is 0 Å². The molecule has 14 heavy (non-hydrogen) atoms. The van der Waals surface area contributed by atoms with Crippen LogP contribution in [0.2, 0.25) is 2.82 Å². The number of rotatable bonds is 11. The van der Waals surface area contributed by atoms with Gasteiger partial charge in [-0.05, 0) is 12.7 Å². The van der Waals surface area contributed by atoms with Gasteiger partial charge in [0.2, 0.25) is 2.86 Å². The van der Waals surface area contributed by atoms with E-state index in [1.807, 2.05) is 0 Å². The predicted molar refractivity (Wildman–Crippen MR) is 58.3 cm³/mol. The summed E-state index contributed by atoms with van der Waals surface area (Å²) in [5.41, 5.74) is 0. The van der Waals surface area contributed by atoms with Crippen LogP contribution in [0, 0.1) is 0 Å². The molecule has 0 aliphatic carbocycles. The van der Waals surface area contributed by atoms with E-state index in [1.54, 1.807) is 0 Å². The number of aliphatic hydroxyl groups excluding tert-OH is 2. The highest BCUT2D eigenvalue weighted by atomic mass is 16.3. The molecule has 0 radical (unpaired) electrons. The fraction of sp³-hybridized carbons (Fsp3) is 1.00. The Morgan fingerprint density at radius 1 is 1.29 bits per heavy atom. The Morgan fingerprint density at radius 2 is 1.79 bits per heavy atom. The standard InChI is InChI=1S/C10H24N2O2/c1-3-9(7-13)11-5-6-12-10(4-2)8-14/h9-14H,3-8H2,1-2H3/t9-,10-/m1/s1/i1D3,2D3,3D2,4D2,5D2,6D2,9D,10D,13D,14D/hD2. The van der Waals surface area contributed by atoms with E-state index in [4.69, 9.17) is 27.6 Å². The Labute approximate surface area is 115 Å². The van der Waals surface area contributed by atoms with Crippen LogP contribution in [0.4, 0.5) is 0 Å². The molecule has 0 saturated heterocycles. The zero-order chi connectivity index (χ0) is 28.0. The van der Waals surface area contributed by atoms with Crippen molar-refractivity contribution in [3.63, 3.8) is 0 Å². The lowest BCUT2D eigenvalue weighted by Crippen LogP contribution is -2.40. The zero-order valence-corrected chi connectivity index (χ0v) is 7.13. The maximum absolute atomic E-state index is 8.13. The zero-order valence-electron chi connectivity index (χ0n) is 27.1. The molecule has 86 valence electrons. The second-order valence-corrected chi connectivity index (χ2v) is 1.88. The van der Waals surface area contributed by atoms with Crippen LogP contribution in [0.3, 0.4) is 0 Å². The summed E-state index contributed by atoms with van der Waals surface area (Å²) in [6.07, 6.45) is -7.73. The highest BCUT2D eigenvalue weighted by molar-refractivity contribution is 4.67. The number of aliphatic hydroxyl groups is 2. The lowest BCUT2D eigenvalue weighted by atomic mass is 10.2. The Bertz CT molecular complexity index is 636. The van der Waals surface area contributed by atoms with E-state index >= 15 is 0 Å². The fourth-order valence-electron chi connectivity index (χ4n) is 0.378. The smallest absolute Gasteiger partial charge is 0.210 e. The molecule has 0 aromatic carbocycles. The van der Waals surface area contributed by atoms with Gasteiger partial charge in [-0.2, -0.15) is 0 Å². The second kappa shape index (κ2) is 9.40. The van der Waals surface area contributed by atoms with Crippen molar-refractivity contribution < 1.29 is 35.0 Å². The van der Waals surface area contributed by atoms with E-state index in [0.29, 0.717) is 0 Å². The van der Waals surface area contributed by atoms with Crippen molar-refractivity contribution >= 4 is 0 Å². The molecule has 4 N–H and O–H groups in total. The minimum atomic E-state index is -4.17. The topological polar surface area (TPSA) is 64.5 Å². The lowest BCUT2D eigenvalue weighted by Gasteiger charge is -2.17. The molecule has 2 atom stereocenters. The van der Waals surface area contributed by atoms with Crippen molar-refractivity contribution in [2.75, 3.05) is 26.2 Å². The SMILES string of the molecule is [2H]OC[C@]([2H])(N([2H])C([2H])([2H])C([2H])([2H])N([2H])[C@@]([2H])(CO[2H])C([2H])([2H])C([2H])([2H])[2H])C([2H])([2H])C([2H])([2H])[2H]. The van der Waals surface area contributed by atoms with Gasteiger partial charge in [-0.15, -0.1) is 0 Å². The Balaban J connectivity index is 6.90. The summed E-state index contributed by atoms with van der Waals surface area (Å²) >= 11 is 0. The maximum atomic E-state index is 8.13. The largest absolute Gasteiger partial charge is 0.395 e. The monoisotopic (exact) mass is 224 g/mol. The van der Waals surface area contributed by atoms with Gasteiger partial charge in [-0.1, -0.05) is 13.7 Å². The molecule has 0 amide bonds. The summed E-state index contributed by atoms with van der Waals surface area (Å²) < 4.78 is 152. The van der Waals surface area contributed by atoms with Gasteiger partial charge in [-0.25, -0.2) is 0 Å². The molecule has 0 saturated carbocycles. The van der Waals surface area contributed by atoms with E-state index in [9.17, 15) is 0 Å². The van der Waals surface area contributed by atoms with Crippen LogP contribution in [0.5, 0.6) is 0 Å². The van der Waals surface area contributed by atoms with Crippen molar-refractivity contribution in [2.45, 2.75) is 38.5 Å². The first-order chi connectivity index (χ1) is 14.7. The van der Waals surface area contributed by atoms with Crippen LogP contribution in [-0.2, 0) is 0 Å². The molecule has 0 aromatic rings.